The van der Waals surface area contributed by atoms with Gasteiger partial charge >= 0.3 is 0 Å². The van der Waals surface area contributed by atoms with Crippen LogP contribution in [0.25, 0.3) is 10.4 Å². The minimum absolute atomic E-state index is 0.0772. The number of aryl methyl sites for hydroxylation is 1. The Kier molecular flexibility index (Phi) is 4.27. The number of carbonyl (C=O) groups is 1. The Labute approximate surface area is 133 Å². The predicted molar refractivity (Wildman–Crippen MR) is 87.6 cm³/mol. The van der Waals surface area contributed by atoms with Crippen LogP contribution in [0.2, 0.25) is 0 Å². The first-order chi connectivity index (χ1) is 10.5. The number of nitrogens with zero attached hydrogens (tertiary/aromatic N) is 1. The lowest BCUT2D eigenvalue weighted by Gasteiger charge is -2.29. The van der Waals surface area contributed by atoms with E-state index in [1.165, 1.54) is 23.5 Å². The summed E-state index contributed by atoms with van der Waals surface area (Å²) in [6.45, 7) is 3.43. The first-order valence-corrected chi connectivity index (χ1v) is 8.27. The van der Waals surface area contributed by atoms with Gasteiger partial charge in [0.15, 0.2) is 0 Å². The Morgan fingerprint density at radius 1 is 1.27 bits per heavy atom. The van der Waals surface area contributed by atoms with Gasteiger partial charge < -0.3 is 10.6 Å². The SMILES string of the molecule is Cc1cc(C(=O)N2CCC(N)CC2)sc1-c1ccc(F)cc1. The topological polar surface area (TPSA) is 46.3 Å². The van der Waals surface area contributed by atoms with Crippen LogP contribution in [0, 0.1) is 12.7 Å². The second kappa shape index (κ2) is 6.18. The van der Waals surface area contributed by atoms with E-state index in [4.69, 9.17) is 5.73 Å². The second-order valence-electron chi connectivity index (χ2n) is 5.76. The summed E-state index contributed by atoms with van der Waals surface area (Å²) in [7, 11) is 0. The zero-order chi connectivity index (χ0) is 15.7. The van der Waals surface area contributed by atoms with Crippen LogP contribution in [0.15, 0.2) is 30.3 Å². The molecular formula is C17H19FN2OS. The highest BCUT2D eigenvalue weighted by atomic mass is 32.1. The van der Waals surface area contributed by atoms with Crippen molar-refractivity contribution in [2.45, 2.75) is 25.8 Å². The zero-order valence-electron chi connectivity index (χ0n) is 12.5. The maximum absolute atomic E-state index is 13.0. The average Bonchev–Trinajstić information content (AvgIpc) is 2.90. The van der Waals surface area contributed by atoms with E-state index in [9.17, 15) is 9.18 Å². The smallest absolute Gasteiger partial charge is 0.263 e. The van der Waals surface area contributed by atoms with Crippen LogP contribution < -0.4 is 5.73 Å². The number of amides is 1. The van der Waals surface area contributed by atoms with Crippen molar-refractivity contribution in [3.63, 3.8) is 0 Å². The van der Waals surface area contributed by atoms with Crippen LogP contribution in [-0.2, 0) is 0 Å². The molecule has 0 unspecified atom stereocenters. The van der Waals surface area contributed by atoms with E-state index in [-0.39, 0.29) is 17.8 Å². The fourth-order valence-corrected chi connectivity index (χ4v) is 3.88. The molecule has 1 aromatic carbocycles. The molecule has 0 bridgehead atoms. The largest absolute Gasteiger partial charge is 0.338 e. The Bertz CT molecular complexity index is 672. The molecule has 0 atom stereocenters. The molecule has 1 aliphatic rings. The van der Waals surface area contributed by atoms with Crippen molar-refractivity contribution in [2.24, 2.45) is 5.73 Å². The molecule has 1 aliphatic heterocycles. The van der Waals surface area contributed by atoms with Gasteiger partial charge in [-0.15, -0.1) is 11.3 Å². The molecule has 1 amide bonds. The minimum atomic E-state index is -0.251. The molecule has 1 fully saturated rings. The number of piperidine rings is 1. The number of likely N-dealkylation sites (tertiary alicyclic amines) is 1. The third kappa shape index (κ3) is 3.05. The molecule has 116 valence electrons. The highest BCUT2D eigenvalue weighted by Gasteiger charge is 2.23. The molecule has 1 aromatic heterocycles. The van der Waals surface area contributed by atoms with Gasteiger partial charge in [-0.05, 0) is 49.1 Å². The number of thiophene rings is 1. The molecule has 1 saturated heterocycles. The van der Waals surface area contributed by atoms with Crippen molar-refractivity contribution in [1.82, 2.24) is 4.90 Å². The van der Waals surface area contributed by atoms with Gasteiger partial charge in [0.25, 0.3) is 5.91 Å². The molecule has 2 heterocycles. The molecule has 0 radical (unpaired) electrons. The van der Waals surface area contributed by atoms with Gasteiger partial charge in [0.1, 0.15) is 5.82 Å². The molecule has 0 spiro atoms. The Hall–Kier alpha value is -1.72. The Morgan fingerprint density at radius 3 is 2.55 bits per heavy atom. The predicted octanol–water partition coefficient (Wildman–Crippen LogP) is 3.43. The average molecular weight is 318 g/mol. The van der Waals surface area contributed by atoms with E-state index >= 15 is 0 Å². The third-order valence-electron chi connectivity index (χ3n) is 4.06. The highest BCUT2D eigenvalue weighted by Crippen LogP contribution is 2.33. The van der Waals surface area contributed by atoms with Crippen LogP contribution >= 0.6 is 11.3 Å². The van der Waals surface area contributed by atoms with Gasteiger partial charge in [0.05, 0.1) is 4.88 Å². The number of carbonyl (C=O) groups excluding carboxylic acids is 1. The maximum atomic E-state index is 13.0. The molecule has 3 rings (SSSR count). The fourth-order valence-electron chi connectivity index (χ4n) is 2.73. The summed E-state index contributed by atoms with van der Waals surface area (Å²) < 4.78 is 13.0. The number of nitrogens with two attached hydrogens (primary N) is 1. The first kappa shape index (κ1) is 15.2. The number of halogens is 1. The summed E-state index contributed by atoms with van der Waals surface area (Å²) in [5.41, 5.74) is 7.88. The number of rotatable bonds is 2. The lowest BCUT2D eigenvalue weighted by molar-refractivity contribution is 0.0719. The van der Waals surface area contributed by atoms with E-state index < -0.39 is 0 Å². The summed E-state index contributed by atoms with van der Waals surface area (Å²) in [4.78, 5) is 16.2. The van der Waals surface area contributed by atoms with E-state index in [1.807, 2.05) is 17.9 Å². The zero-order valence-corrected chi connectivity index (χ0v) is 13.3. The summed E-state index contributed by atoms with van der Waals surface area (Å²) in [6.07, 6.45) is 1.72. The lowest BCUT2D eigenvalue weighted by atomic mass is 10.1. The van der Waals surface area contributed by atoms with Crippen molar-refractivity contribution in [3.05, 3.63) is 46.6 Å². The van der Waals surface area contributed by atoms with Gasteiger partial charge in [-0.25, -0.2) is 4.39 Å². The van der Waals surface area contributed by atoms with Crippen LogP contribution in [0.4, 0.5) is 4.39 Å². The van der Waals surface area contributed by atoms with Crippen molar-refractivity contribution >= 4 is 17.2 Å². The minimum Gasteiger partial charge on any atom is -0.338 e. The number of hydrogen-bond acceptors (Lipinski definition) is 3. The van der Waals surface area contributed by atoms with Crippen molar-refractivity contribution < 1.29 is 9.18 Å². The Balaban J connectivity index is 1.82. The fraction of sp³-hybridized carbons (Fsp3) is 0.353. The normalized spacial score (nSPS) is 16.0. The van der Waals surface area contributed by atoms with E-state index in [2.05, 4.69) is 0 Å². The van der Waals surface area contributed by atoms with Gasteiger partial charge in [-0.2, -0.15) is 0 Å². The Morgan fingerprint density at radius 2 is 1.91 bits per heavy atom. The summed E-state index contributed by atoms with van der Waals surface area (Å²) in [6, 6.07) is 8.54. The van der Waals surface area contributed by atoms with Gasteiger partial charge in [0.2, 0.25) is 0 Å². The maximum Gasteiger partial charge on any atom is 0.263 e. The molecule has 3 nitrogen and oxygen atoms in total. The molecular weight excluding hydrogens is 299 g/mol. The van der Waals surface area contributed by atoms with Gasteiger partial charge in [-0.3, -0.25) is 4.79 Å². The first-order valence-electron chi connectivity index (χ1n) is 7.46. The van der Waals surface area contributed by atoms with Gasteiger partial charge in [0, 0.05) is 24.0 Å². The van der Waals surface area contributed by atoms with Crippen molar-refractivity contribution in [3.8, 4) is 10.4 Å². The highest BCUT2D eigenvalue weighted by molar-refractivity contribution is 7.17. The van der Waals surface area contributed by atoms with E-state index in [1.54, 1.807) is 12.1 Å². The van der Waals surface area contributed by atoms with Gasteiger partial charge in [-0.1, -0.05) is 12.1 Å². The molecule has 2 aromatic rings. The van der Waals surface area contributed by atoms with E-state index in [0.29, 0.717) is 0 Å². The molecule has 5 heteroatoms. The third-order valence-corrected chi connectivity index (χ3v) is 5.34. The summed E-state index contributed by atoms with van der Waals surface area (Å²) in [5.74, 6) is -0.174. The molecule has 0 saturated carbocycles. The standard InChI is InChI=1S/C17H19FN2OS/c1-11-10-15(17(21)20-8-6-14(19)7-9-20)22-16(11)12-2-4-13(18)5-3-12/h2-5,10,14H,6-9,19H2,1H3. The summed E-state index contributed by atoms with van der Waals surface area (Å²) >= 11 is 1.48. The molecule has 22 heavy (non-hydrogen) atoms. The monoisotopic (exact) mass is 318 g/mol. The lowest BCUT2D eigenvalue weighted by Crippen LogP contribution is -2.42. The van der Waals surface area contributed by atoms with E-state index in [0.717, 1.165) is 46.8 Å². The molecule has 0 aliphatic carbocycles. The van der Waals surface area contributed by atoms with Crippen molar-refractivity contribution in [2.75, 3.05) is 13.1 Å². The molecule has 2 N–H and O–H groups in total. The second-order valence-corrected chi connectivity index (χ2v) is 6.81. The number of hydrogen-bond donors (Lipinski definition) is 1. The van der Waals surface area contributed by atoms with Crippen LogP contribution in [-0.4, -0.2) is 29.9 Å². The number of benzene rings is 1. The summed E-state index contributed by atoms with van der Waals surface area (Å²) in [5, 5.41) is 0. The van der Waals surface area contributed by atoms with Crippen LogP contribution in [0.3, 0.4) is 0 Å². The van der Waals surface area contributed by atoms with Crippen LogP contribution in [0.1, 0.15) is 28.1 Å². The van der Waals surface area contributed by atoms with Crippen LogP contribution in [0.5, 0.6) is 0 Å². The quantitative estimate of drug-likeness (QED) is 0.922. The van der Waals surface area contributed by atoms with Crippen molar-refractivity contribution in [1.29, 1.82) is 0 Å².